The minimum absolute atomic E-state index is 0.570. The molecule has 0 amide bonds. The van der Waals surface area contributed by atoms with E-state index in [0.29, 0.717) is 5.11 Å². The van der Waals surface area contributed by atoms with Crippen LogP contribution in [-0.4, -0.2) is 14.9 Å². The molecular formula is C14H18N4S. The van der Waals surface area contributed by atoms with Gasteiger partial charge in [0.15, 0.2) is 5.11 Å². The summed E-state index contributed by atoms with van der Waals surface area (Å²) in [5.74, 6) is 0. The lowest BCUT2D eigenvalue weighted by molar-refractivity contribution is 0.740. The van der Waals surface area contributed by atoms with Gasteiger partial charge >= 0.3 is 0 Å². The van der Waals surface area contributed by atoms with Crippen LogP contribution in [0.15, 0.2) is 30.5 Å². The van der Waals surface area contributed by atoms with Gasteiger partial charge in [0.2, 0.25) is 0 Å². The number of rotatable bonds is 3. The molecule has 2 N–H and O–H groups in total. The second-order valence-corrected chi connectivity index (χ2v) is 4.81. The van der Waals surface area contributed by atoms with Crippen LogP contribution in [0.3, 0.4) is 0 Å². The quantitative estimate of drug-likeness (QED) is 0.844. The summed E-state index contributed by atoms with van der Waals surface area (Å²) in [7, 11) is 1.90. The Bertz CT molecular complexity index is 572. The number of benzene rings is 1. The highest BCUT2D eigenvalue weighted by Gasteiger charge is 2.05. The van der Waals surface area contributed by atoms with Crippen molar-refractivity contribution in [3.05, 3.63) is 41.7 Å². The predicted molar refractivity (Wildman–Crippen MR) is 83.6 cm³/mol. The van der Waals surface area contributed by atoms with Crippen LogP contribution < -0.4 is 10.6 Å². The fraction of sp³-hybridized carbons (Fsp3) is 0.286. The molecule has 0 radical (unpaired) electrons. The molecule has 1 aromatic heterocycles. The fourth-order valence-electron chi connectivity index (χ4n) is 1.73. The summed E-state index contributed by atoms with van der Waals surface area (Å²) in [5, 5.41) is 11.0. The van der Waals surface area contributed by atoms with Crippen LogP contribution in [0, 0.1) is 6.92 Å². The van der Waals surface area contributed by atoms with Crippen LogP contribution in [0.1, 0.15) is 18.2 Å². The van der Waals surface area contributed by atoms with E-state index in [1.54, 1.807) is 10.9 Å². The van der Waals surface area contributed by atoms with E-state index in [9.17, 15) is 0 Å². The first-order chi connectivity index (χ1) is 9.10. The van der Waals surface area contributed by atoms with Crippen LogP contribution in [-0.2, 0) is 13.5 Å². The highest BCUT2D eigenvalue weighted by atomic mass is 32.1. The lowest BCUT2D eigenvalue weighted by atomic mass is 10.1. The molecule has 2 rings (SSSR count). The lowest BCUT2D eigenvalue weighted by Gasteiger charge is -2.10. The van der Waals surface area contributed by atoms with Gasteiger partial charge in [-0.3, -0.25) is 4.68 Å². The highest BCUT2D eigenvalue weighted by molar-refractivity contribution is 7.80. The van der Waals surface area contributed by atoms with Gasteiger partial charge in [0, 0.05) is 12.7 Å². The van der Waals surface area contributed by atoms with Gasteiger partial charge in [-0.2, -0.15) is 5.10 Å². The summed E-state index contributed by atoms with van der Waals surface area (Å²) in [4.78, 5) is 0. The van der Waals surface area contributed by atoms with Gasteiger partial charge < -0.3 is 10.6 Å². The van der Waals surface area contributed by atoms with Gasteiger partial charge in [0.1, 0.15) is 0 Å². The number of aromatic nitrogens is 2. The summed E-state index contributed by atoms with van der Waals surface area (Å²) >= 11 is 5.29. The smallest absolute Gasteiger partial charge is 0.175 e. The second kappa shape index (κ2) is 5.84. The summed E-state index contributed by atoms with van der Waals surface area (Å²) < 4.78 is 1.81. The number of nitrogens with one attached hydrogen (secondary N) is 2. The topological polar surface area (TPSA) is 41.9 Å². The molecule has 0 aliphatic heterocycles. The van der Waals surface area contributed by atoms with Crippen molar-refractivity contribution in [3.8, 4) is 0 Å². The molecule has 0 unspecified atom stereocenters. The zero-order chi connectivity index (χ0) is 13.8. The zero-order valence-electron chi connectivity index (χ0n) is 11.4. The Morgan fingerprint density at radius 2 is 1.95 bits per heavy atom. The standard InChI is InChI=1S/C14H18N4S/c1-4-11-5-7-12(8-6-11)16-14(19)17-13-9-15-18(3)10(13)2/h5-9H,4H2,1-3H3,(H2,16,17,19). The van der Waals surface area contributed by atoms with Crippen LogP contribution in [0.5, 0.6) is 0 Å². The maximum Gasteiger partial charge on any atom is 0.175 e. The number of nitrogens with zero attached hydrogens (tertiary/aromatic N) is 2. The third-order valence-corrected chi connectivity index (χ3v) is 3.31. The number of hydrogen-bond donors (Lipinski definition) is 2. The molecule has 1 aromatic carbocycles. The summed E-state index contributed by atoms with van der Waals surface area (Å²) in [6.07, 6.45) is 2.81. The molecular weight excluding hydrogens is 256 g/mol. The molecule has 0 aliphatic carbocycles. The van der Waals surface area contributed by atoms with Crippen molar-refractivity contribution in [1.82, 2.24) is 9.78 Å². The Labute approximate surface area is 118 Å². The van der Waals surface area contributed by atoms with Gasteiger partial charge in [-0.05, 0) is 43.3 Å². The van der Waals surface area contributed by atoms with Gasteiger partial charge in [-0.15, -0.1) is 0 Å². The molecule has 19 heavy (non-hydrogen) atoms. The van der Waals surface area contributed by atoms with Crippen molar-refractivity contribution < 1.29 is 0 Å². The fourth-order valence-corrected chi connectivity index (χ4v) is 1.96. The van der Waals surface area contributed by atoms with Crippen LogP contribution in [0.2, 0.25) is 0 Å². The molecule has 100 valence electrons. The van der Waals surface area contributed by atoms with Gasteiger partial charge in [-0.25, -0.2) is 0 Å². The van der Waals surface area contributed by atoms with Gasteiger partial charge in [0.25, 0.3) is 0 Å². The van der Waals surface area contributed by atoms with E-state index in [-0.39, 0.29) is 0 Å². The summed E-state index contributed by atoms with van der Waals surface area (Å²) in [6, 6.07) is 8.26. The van der Waals surface area contributed by atoms with E-state index in [1.165, 1.54) is 5.56 Å². The maximum atomic E-state index is 5.29. The van der Waals surface area contributed by atoms with Crippen molar-refractivity contribution in [2.75, 3.05) is 10.6 Å². The normalized spacial score (nSPS) is 10.3. The monoisotopic (exact) mass is 274 g/mol. The zero-order valence-corrected chi connectivity index (χ0v) is 12.2. The SMILES string of the molecule is CCc1ccc(NC(=S)Nc2cnn(C)c2C)cc1. The third-order valence-electron chi connectivity index (χ3n) is 3.10. The Kier molecular flexibility index (Phi) is 4.16. The van der Waals surface area contributed by atoms with Crippen molar-refractivity contribution in [1.29, 1.82) is 0 Å². The van der Waals surface area contributed by atoms with Gasteiger partial charge in [0.05, 0.1) is 17.6 Å². The molecule has 0 aliphatic rings. The molecule has 2 aromatic rings. The van der Waals surface area contributed by atoms with E-state index in [2.05, 4.69) is 34.8 Å². The van der Waals surface area contributed by atoms with E-state index < -0.39 is 0 Å². The average Bonchev–Trinajstić information content (AvgIpc) is 2.71. The number of thiocarbonyl (C=S) groups is 1. The Morgan fingerprint density at radius 3 is 2.47 bits per heavy atom. The molecule has 5 heteroatoms. The largest absolute Gasteiger partial charge is 0.332 e. The molecule has 0 fully saturated rings. The molecule has 1 heterocycles. The maximum absolute atomic E-state index is 5.29. The minimum Gasteiger partial charge on any atom is -0.332 e. The van der Waals surface area contributed by atoms with Crippen LogP contribution >= 0.6 is 12.2 Å². The van der Waals surface area contributed by atoms with E-state index in [1.807, 2.05) is 26.1 Å². The van der Waals surface area contributed by atoms with Gasteiger partial charge in [-0.1, -0.05) is 19.1 Å². The second-order valence-electron chi connectivity index (χ2n) is 4.40. The van der Waals surface area contributed by atoms with Crippen LogP contribution in [0.25, 0.3) is 0 Å². The van der Waals surface area contributed by atoms with Crippen molar-refractivity contribution in [2.45, 2.75) is 20.3 Å². The Balaban J connectivity index is 1.99. The predicted octanol–water partition coefficient (Wildman–Crippen LogP) is 3.10. The summed E-state index contributed by atoms with van der Waals surface area (Å²) in [5.41, 5.74) is 4.26. The molecule has 0 spiro atoms. The van der Waals surface area contributed by atoms with E-state index in [0.717, 1.165) is 23.5 Å². The van der Waals surface area contributed by atoms with Crippen molar-refractivity contribution in [2.24, 2.45) is 7.05 Å². The molecule has 0 saturated heterocycles. The van der Waals surface area contributed by atoms with Crippen molar-refractivity contribution in [3.63, 3.8) is 0 Å². The van der Waals surface area contributed by atoms with Crippen LogP contribution in [0.4, 0.5) is 11.4 Å². The average molecular weight is 274 g/mol. The molecule has 0 atom stereocenters. The Hall–Kier alpha value is -1.88. The first kappa shape index (κ1) is 13.5. The molecule has 4 nitrogen and oxygen atoms in total. The number of anilines is 2. The minimum atomic E-state index is 0.570. The molecule has 0 saturated carbocycles. The van der Waals surface area contributed by atoms with E-state index >= 15 is 0 Å². The first-order valence-corrected chi connectivity index (χ1v) is 6.66. The van der Waals surface area contributed by atoms with E-state index in [4.69, 9.17) is 12.2 Å². The Morgan fingerprint density at radius 1 is 1.26 bits per heavy atom. The number of hydrogen-bond acceptors (Lipinski definition) is 2. The van der Waals surface area contributed by atoms with Crippen molar-refractivity contribution >= 4 is 28.7 Å². The highest BCUT2D eigenvalue weighted by Crippen LogP contribution is 2.14. The lowest BCUT2D eigenvalue weighted by Crippen LogP contribution is -2.19. The first-order valence-electron chi connectivity index (χ1n) is 6.25. The number of aryl methyl sites for hydroxylation is 2. The molecule has 0 bridgehead atoms. The summed E-state index contributed by atoms with van der Waals surface area (Å²) in [6.45, 7) is 4.13. The third kappa shape index (κ3) is 3.32.